The molecular formula is C25H35N3O2. The lowest BCUT2D eigenvalue weighted by Gasteiger charge is -2.34. The minimum absolute atomic E-state index is 0.00234. The average Bonchev–Trinajstić information content (AvgIpc) is 3.15. The number of hydrogen-bond donors (Lipinski definition) is 0. The van der Waals surface area contributed by atoms with E-state index in [9.17, 15) is 4.79 Å². The summed E-state index contributed by atoms with van der Waals surface area (Å²) < 4.78 is 5.75. The van der Waals surface area contributed by atoms with Crippen LogP contribution in [-0.2, 0) is 11.3 Å². The predicted octanol–water partition coefficient (Wildman–Crippen LogP) is 5.96. The first-order chi connectivity index (χ1) is 14.3. The van der Waals surface area contributed by atoms with Crippen LogP contribution in [0.5, 0.6) is 0 Å². The zero-order chi connectivity index (χ0) is 21.7. The minimum Gasteiger partial charge on any atom is -0.443 e. The van der Waals surface area contributed by atoms with Gasteiger partial charge >= 0.3 is 6.09 Å². The van der Waals surface area contributed by atoms with Gasteiger partial charge < -0.3 is 4.74 Å². The molecule has 1 aromatic carbocycles. The van der Waals surface area contributed by atoms with Crippen LogP contribution in [0.15, 0.2) is 48.7 Å². The third-order valence-corrected chi connectivity index (χ3v) is 5.62. The summed E-state index contributed by atoms with van der Waals surface area (Å²) in [6.07, 6.45) is 4.47. The van der Waals surface area contributed by atoms with Crippen molar-refractivity contribution < 1.29 is 9.53 Å². The lowest BCUT2D eigenvalue weighted by Crippen LogP contribution is -2.43. The maximum absolute atomic E-state index is 13.1. The molecule has 0 aliphatic carbocycles. The zero-order valence-electron chi connectivity index (χ0n) is 19.0. The molecule has 5 heteroatoms. The van der Waals surface area contributed by atoms with E-state index in [1.54, 1.807) is 11.1 Å². The number of rotatable bonds is 6. The van der Waals surface area contributed by atoms with Gasteiger partial charge in [0.25, 0.3) is 0 Å². The van der Waals surface area contributed by atoms with Crippen molar-refractivity contribution in [2.24, 2.45) is 0 Å². The second kappa shape index (κ2) is 9.61. The standard InChI is InChI=1S/C25H35N3O2/c1-6-19(2)28(24(29)30-25(3,4)5)23-21(14-10-16-26-23)22-15-11-17-27(22)18-20-12-8-7-9-13-20/h7-10,12-14,16,19,22H,6,11,15,17-18H2,1-5H3/t19-,22-/m0/s1. The van der Waals surface area contributed by atoms with Gasteiger partial charge in [-0.05, 0) is 65.1 Å². The molecule has 2 heterocycles. The fraction of sp³-hybridized carbons (Fsp3) is 0.520. The fourth-order valence-corrected chi connectivity index (χ4v) is 4.03. The van der Waals surface area contributed by atoms with Gasteiger partial charge in [-0.2, -0.15) is 0 Å². The van der Waals surface area contributed by atoms with Gasteiger partial charge in [0.2, 0.25) is 0 Å². The van der Waals surface area contributed by atoms with E-state index in [4.69, 9.17) is 4.74 Å². The van der Waals surface area contributed by atoms with Gasteiger partial charge in [0, 0.05) is 30.4 Å². The Morgan fingerprint density at radius 3 is 2.63 bits per heavy atom. The smallest absolute Gasteiger partial charge is 0.416 e. The number of amides is 1. The quantitative estimate of drug-likeness (QED) is 0.591. The molecule has 0 saturated carbocycles. The lowest BCUT2D eigenvalue weighted by atomic mass is 10.0. The molecule has 0 N–H and O–H groups in total. The van der Waals surface area contributed by atoms with E-state index in [1.807, 2.05) is 26.8 Å². The molecular weight excluding hydrogens is 374 g/mol. The molecule has 162 valence electrons. The van der Waals surface area contributed by atoms with E-state index >= 15 is 0 Å². The molecule has 1 aliphatic heterocycles. The summed E-state index contributed by atoms with van der Waals surface area (Å²) in [6.45, 7) is 11.8. The second-order valence-corrected chi connectivity index (χ2v) is 9.14. The molecule has 1 amide bonds. The van der Waals surface area contributed by atoms with E-state index in [2.05, 4.69) is 60.1 Å². The van der Waals surface area contributed by atoms with Crippen molar-refractivity contribution >= 4 is 11.9 Å². The van der Waals surface area contributed by atoms with Gasteiger partial charge in [0.1, 0.15) is 11.4 Å². The predicted molar refractivity (Wildman–Crippen MR) is 122 cm³/mol. The van der Waals surface area contributed by atoms with Crippen LogP contribution < -0.4 is 4.90 Å². The molecule has 2 aromatic rings. The van der Waals surface area contributed by atoms with Crippen LogP contribution >= 0.6 is 0 Å². The minimum atomic E-state index is -0.551. The number of likely N-dealkylation sites (tertiary alicyclic amines) is 1. The van der Waals surface area contributed by atoms with Crippen LogP contribution in [0.1, 0.15) is 71.0 Å². The Kier molecular flexibility index (Phi) is 7.14. The third-order valence-electron chi connectivity index (χ3n) is 5.62. The molecule has 1 aromatic heterocycles. The average molecular weight is 410 g/mol. The number of ether oxygens (including phenoxy) is 1. The normalized spacial score (nSPS) is 18.2. The summed E-state index contributed by atoms with van der Waals surface area (Å²) in [5.74, 6) is 0.728. The maximum atomic E-state index is 13.1. The first-order valence-corrected chi connectivity index (χ1v) is 11.0. The van der Waals surface area contributed by atoms with Gasteiger partial charge in [0.15, 0.2) is 0 Å². The molecule has 0 unspecified atom stereocenters. The first kappa shape index (κ1) is 22.3. The molecule has 1 aliphatic rings. The molecule has 1 fully saturated rings. The van der Waals surface area contributed by atoms with Crippen molar-refractivity contribution in [1.82, 2.24) is 9.88 Å². The van der Waals surface area contributed by atoms with Crippen molar-refractivity contribution in [1.29, 1.82) is 0 Å². The largest absolute Gasteiger partial charge is 0.443 e. The highest BCUT2D eigenvalue weighted by Gasteiger charge is 2.34. The molecule has 5 nitrogen and oxygen atoms in total. The van der Waals surface area contributed by atoms with Gasteiger partial charge in [0.05, 0.1) is 0 Å². The molecule has 0 radical (unpaired) electrons. The molecule has 2 atom stereocenters. The van der Waals surface area contributed by atoms with Gasteiger partial charge in [-0.25, -0.2) is 9.78 Å². The number of carbonyl (C=O) groups is 1. The molecule has 30 heavy (non-hydrogen) atoms. The van der Waals surface area contributed by atoms with Crippen LogP contribution in [0, 0.1) is 0 Å². The summed E-state index contributed by atoms with van der Waals surface area (Å²) >= 11 is 0. The van der Waals surface area contributed by atoms with Crippen molar-refractivity contribution in [2.75, 3.05) is 11.4 Å². The van der Waals surface area contributed by atoms with Crippen LogP contribution in [0.25, 0.3) is 0 Å². The van der Waals surface area contributed by atoms with Gasteiger partial charge in [-0.3, -0.25) is 9.80 Å². The molecule has 1 saturated heterocycles. The topological polar surface area (TPSA) is 45.7 Å². The Hall–Kier alpha value is -2.40. The highest BCUT2D eigenvalue weighted by molar-refractivity contribution is 5.88. The highest BCUT2D eigenvalue weighted by Crippen LogP contribution is 2.38. The summed E-state index contributed by atoms with van der Waals surface area (Å²) in [4.78, 5) is 22.1. The molecule has 0 spiro atoms. The van der Waals surface area contributed by atoms with E-state index < -0.39 is 5.60 Å². The number of aromatic nitrogens is 1. The summed E-state index contributed by atoms with van der Waals surface area (Å²) in [5.41, 5.74) is 1.86. The van der Waals surface area contributed by atoms with Crippen molar-refractivity contribution in [3.05, 3.63) is 59.8 Å². The van der Waals surface area contributed by atoms with Crippen molar-refractivity contribution in [3.63, 3.8) is 0 Å². The van der Waals surface area contributed by atoms with Crippen LogP contribution in [0.3, 0.4) is 0 Å². The maximum Gasteiger partial charge on any atom is 0.416 e. The Balaban J connectivity index is 1.93. The van der Waals surface area contributed by atoms with Crippen LogP contribution in [0.2, 0.25) is 0 Å². The van der Waals surface area contributed by atoms with E-state index in [1.165, 1.54) is 5.56 Å². The number of benzene rings is 1. The zero-order valence-corrected chi connectivity index (χ0v) is 19.0. The third kappa shape index (κ3) is 5.39. The number of hydrogen-bond acceptors (Lipinski definition) is 4. The SMILES string of the molecule is CC[C@H](C)N(C(=O)OC(C)(C)C)c1ncccc1[C@@H]1CCCN1Cc1ccccc1. The van der Waals surface area contributed by atoms with Gasteiger partial charge in [-0.1, -0.05) is 43.3 Å². The number of pyridine rings is 1. The Bertz CT molecular complexity index is 832. The van der Waals surface area contributed by atoms with Crippen molar-refractivity contribution in [2.45, 2.75) is 78.1 Å². The Morgan fingerprint density at radius 1 is 1.23 bits per heavy atom. The Morgan fingerprint density at radius 2 is 1.97 bits per heavy atom. The van der Waals surface area contributed by atoms with E-state index in [-0.39, 0.29) is 18.2 Å². The van der Waals surface area contributed by atoms with Crippen LogP contribution in [0.4, 0.5) is 10.6 Å². The number of anilines is 1. The summed E-state index contributed by atoms with van der Waals surface area (Å²) in [6, 6.07) is 14.9. The van der Waals surface area contributed by atoms with Crippen LogP contribution in [-0.4, -0.2) is 34.2 Å². The van der Waals surface area contributed by atoms with Crippen molar-refractivity contribution in [3.8, 4) is 0 Å². The summed E-state index contributed by atoms with van der Waals surface area (Å²) in [7, 11) is 0. The summed E-state index contributed by atoms with van der Waals surface area (Å²) in [5, 5.41) is 0. The molecule has 3 rings (SSSR count). The van der Waals surface area contributed by atoms with E-state index in [0.717, 1.165) is 43.7 Å². The monoisotopic (exact) mass is 409 g/mol. The lowest BCUT2D eigenvalue weighted by molar-refractivity contribution is 0.0565. The second-order valence-electron chi connectivity index (χ2n) is 9.14. The Labute approximate surface area is 181 Å². The molecule has 0 bridgehead atoms. The number of carbonyl (C=O) groups excluding carboxylic acids is 1. The highest BCUT2D eigenvalue weighted by atomic mass is 16.6. The number of nitrogens with zero attached hydrogens (tertiary/aromatic N) is 3. The van der Waals surface area contributed by atoms with Gasteiger partial charge in [-0.15, -0.1) is 0 Å². The first-order valence-electron chi connectivity index (χ1n) is 11.0. The van der Waals surface area contributed by atoms with E-state index in [0.29, 0.717) is 0 Å². The fourth-order valence-electron chi connectivity index (χ4n) is 4.03.